The molecular weight excluding hydrogens is 334 g/mol. The summed E-state index contributed by atoms with van der Waals surface area (Å²) in [6.07, 6.45) is 0. The zero-order valence-corrected chi connectivity index (χ0v) is 14.9. The molecule has 0 saturated carbocycles. The first kappa shape index (κ1) is 17.0. The second-order valence-corrected chi connectivity index (χ2v) is 6.54. The number of aryl methyl sites for hydroxylation is 1. The number of nitrogens with one attached hydrogen (secondary N) is 1. The molecule has 25 heavy (non-hydrogen) atoms. The first-order chi connectivity index (χ1) is 12.0. The summed E-state index contributed by atoms with van der Waals surface area (Å²) < 4.78 is 5.66. The smallest absolute Gasteiger partial charge is 0.262 e. The Morgan fingerprint density at radius 3 is 2.76 bits per heavy atom. The fourth-order valence-electron chi connectivity index (χ4n) is 2.44. The van der Waals surface area contributed by atoms with Crippen LogP contribution in [-0.2, 0) is 4.79 Å². The predicted octanol–water partition coefficient (Wildman–Crippen LogP) is 4.03. The Kier molecular flexibility index (Phi) is 5.00. The van der Waals surface area contributed by atoms with Gasteiger partial charge in [0.05, 0.1) is 11.4 Å². The number of aromatic nitrogens is 1. The number of hydrogen-bond acceptors (Lipinski definition) is 5. The Morgan fingerprint density at radius 2 is 2.00 bits per heavy atom. The zero-order valence-electron chi connectivity index (χ0n) is 14.1. The van der Waals surface area contributed by atoms with Crippen LogP contribution >= 0.6 is 11.3 Å². The van der Waals surface area contributed by atoms with E-state index in [1.165, 1.54) is 11.3 Å². The third-order valence-corrected chi connectivity index (χ3v) is 4.59. The monoisotopic (exact) mass is 353 g/mol. The van der Waals surface area contributed by atoms with Crippen LogP contribution in [0.25, 0.3) is 11.3 Å². The van der Waals surface area contributed by atoms with E-state index in [2.05, 4.69) is 10.3 Å². The van der Waals surface area contributed by atoms with Crippen LogP contribution in [0.5, 0.6) is 5.75 Å². The van der Waals surface area contributed by atoms with Crippen LogP contribution in [-0.4, -0.2) is 17.5 Å². The number of ether oxygens (including phenoxy) is 1. The highest BCUT2D eigenvalue weighted by Gasteiger charge is 2.12. The van der Waals surface area contributed by atoms with Crippen molar-refractivity contribution in [3.63, 3.8) is 0 Å². The number of thiazole rings is 1. The maximum atomic E-state index is 12.3. The molecule has 3 rings (SSSR count). The number of anilines is 2. The van der Waals surface area contributed by atoms with E-state index >= 15 is 0 Å². The molecule has 0 saturated heterocycles. The molecule has 1 heterocycles. The summed E-state index contributed by atoms with van der Waals surface area (Å²) in [6, 6.07) is 13.3. The molecule has 0 atom stereocenters. The lowest BCUT2D eigenvalue weighted by Crippen LogP contribution is -2.20. The molecule has 0 aliphatic carbocycles. The first-order valence-corrected chi connectivity index (χ1v) is 8.72. The van der Waals surface area contributed by atoms with E-state index in [0.29, 0.717) is 10.8 Å². The molecular formula is C19H19N3O2S. The number of amides is 1. The highest BCUT2D eigenvalue weighted by atomic mass is 32.1. The number of rotatable bonds is 5. The summed E-state index contributed by atoms with van der Waals surface area (Å²) in [7, 11) is 0. The lowest BCUT2D eigenvalue weighted by molar-refractivity contribution is -0.118. The third-order valence-electron chi connectivity index (χ3n) is 3.91. The molecule has 3 N–H and O–H groups in total. The van der Waals surface area contributed by atoms with E-state index in [1.54, 1.807) is 0 Å². The van der Waals surface area contributed by atoms with Crippen LogP contribution in [0.1, 0.15) is 11.1 Å². The number of carbonyl (C=O) groups is 1. The van der Waals surface area contributed by atoms with Gasteiger partial charge in [0.1, 0.15) is 5.75 Å². The minimum atomic E-state index is -0.225. The summed E-state index contributed by atoms with van der Waals surface area (Å²) in [4.78, 5) is 16.6. The van der Waals surface area contributed by atoms with Crippen molar-refractivity contribution in [2.75, 3.05) is 17.7 Å². The normalized spacial score (nSPS) is 10.5. The van der Waals surface area contributed by atoms with Gasteiger partial charge in [-0.3, -0.25) is 4.79 Å². The van der Waals surface area contributed by atoms with Crippen LogP contribution < -0.4 is 15.8 Å². The molecule has 0 unspecified atom stereocenters. The number of hydrogen-bond donors (Lipinski definition) is 2. The molecule has 6 heteroatoms. The third kappa shape index (κ3) is 3.97. The van der Waals surface area contributed by atoms with Crippen molar-refractivity contribution in [2.45, 2.75) is 13.8 Å². The van der Waals surface area contributed by atoms with Gasteiger partial charge in [-0.2, -0.15) is 0 Å². The Morgan fingerprint density at radius 1 is 1.20 bits per heavy atom. The second kappa shape index (κ2) is 7.36. The van der Waals surface area contributed by atoms with Gasteiger partial charge < -0.3 is 15.8 Å². The number of carbonyl (C=O) groups excluding carboxylic acids is 1. The largest absolute Gasteiger partial charge is 0.483 e. The van der Waals surface area contributed by atoms with Gasteiger partial charge >= 0.3 is 0 Å². The van der Waals surface area contributed by atoms with Gasteiger partial charge in [-0.1, -0.05) is 30.3 Å². The fraction of sp³-hybridized carbons (Fsp3) is 0.158. The Bertz CT molecular complexity index is 905. The van der Waals surface area contributed by atoms with E-state index in [0.717, 1.165) is 28.1 Å². The highest BCUT2D eigenvalue weighted by Crippen LogP contribution is 2.29. The van der Waals surface area contributed by atoms with Crippen LogP contribution in [0.3, 0.4) is 0 Å². The molecule has 5 nitrogen and oxygen atoms in total. The summed E-state index contributed by atoms with van der Waals surface area (Å²) in [6.45, 7) is 3.93. The summed E-state index contributed by atoms with van der Waals surface area (Å²) in [5.74, 6) is 0.493. The zero-order chi connectivity index (χ0) is 17.8. The van der Waals surface area contributed by atoms with E-state index in [4.69, 9.17) is 10.5 Å². The quantitative estimate of drug-likeness (QED) is 0.726. The molecule has 128 valence electrons. The molecule has 0 aliphatic heterocycles. The molecule has 3 aromatic rings. The van der Waals surface area contributed by atoms with Crippen molar-refractivity contribution in [1.29, 1.82) is 0 Å². The topological polar surface area (TPSA) is 77.2 Å². The van der Waals surface area contributed by atoms with Gasteiger partial charge in [-0.25, -0.2) is 4.98 Å². The van der Waals surface area contributed by atoms with Crippen LogP contribution in [0.4, 0.5) is 10.8 Å². The maximum absolute atomic E-state index is 12.3. The highest BCUT2D eigenvalue weighted by molar-refractivity contribution is 7.13. The van der Waals surface area contributed by atoms with E-state index in [1.807, 2.05) is 61.7 Å². The van der Waals surface area contributed by atoms with E-state index in [-0.39, 0.29) is 12.5 Å². The van der Waals surface area contributed by atoms with Gasteiger partial charge in [0.25, 0.3) is 5.91 Å². The second-order valence-electron chi connectivity index (χ2n) is 5.65. The molecule has 0 spiro atoms. The van der Waals surface area contributed by atoms with Crippen molar-refractivity contribution in [2.24, 2.45) is 0 Å². The van der Waals surface area contributed by atoms with Crippen molar-refractivity contribution >= 4 is 28.1 Å². The van der Waals surface area contributed by atoms with E-state index in [9.17, 15) is 4.79 Å². The van der Waals surface area contributed by atoms with Crippen LogP contribution in [0.2, 0.25) is 0 Å². The number of benzene rings is 2. The molecule has 2 aromatic carbocycles. The summed E-state index contributed by atoms with van der Waals surface area (Å²) >= 11 is 1.37. The number of nitrogens with two attached hydrogens (primary N) is 1. The Balaban J connectivity index is 1.70. The maximum Gasteiger partial charge on any atom is 0.262 e. The molecule has 1 amide bonds. The molecule has 0 fully saturated rings. The Labute approximate surface area is 150 Å². The first-order valence-electron chi connectivity index (χ1n) is 7.84. The van der Waals surface area contributed by atoms with Crippen LogP contribution in [0, 0.1) is 13.8 Å². The summed E-state index contributed by atoms with van der Waals surface area (Å²) in [5, 5.41) is 5.25. The molecule has 0 bridgehead atoms. The predicted molar refractivity (Wildman–Crippen MR) is 102 cm³/mol. The summed E-state index contributed by atoms with van der Waals surface area (Å²) in [5.41, 5.74) is 10.1. The minimum absolute atomic E-state index is 0.0577. The van der Waals surface area contributed by atoms with Gasteiger partial charge in [0.2, 0.25) is 0 Å². The molecule has 1 aromatic heterocycles. The number of nitrogens with zero attached hydrogens (tertiary/aromatic N) is 1. The average Bonchev–Trinajstić information content (AvgIpc) is 3.03. The number of nitrogen functional groups attached to an aromatic ring is 1. The minimum Gasteiger partial charge on any atom is -0.483 e. The van der Waals surface area contributed by atoms with E-state index < -0.39 is 0 Å². The number of para-hydroxylation sites is 1. The fourth-order valence-corrected chi connectivity index (χ4v) is 3.00. The molecule has 0 aliphatic rings. The van der Waals surface area contributed by atoms with Gasteiger partial charge in [0.15, 0.2) is 11.7 Å². The van der Waals surface area contributed by atoms with Gasteiger partial charge in [-0.15, -0.1) is 11.3 Å². The average molecular weight is 353 g/mol. The standard InChI is InChI=1S/C19H19N3O2S/c1-12-6-5-9-17(13(12)2)24-10-18(23)21-15-8-4-3-7-14(15)16-11-25-19(20)22-16/h3-9,11H,10H2,1-2H3,(H2,20,22)(H,21,23). The lowest BCUT2D eigenvalue weighted by Gasteiger charge is -2.12. The SMILES string of the molecule is Cc1cccc(OCC(=O)Nc2ccccc2-c2csc(N)n2)c1C. The van der Waals surface area contributed by atoms with Crippen molar-refractivity contribution in [3.05, 3.63) is 59.0 Å². The lowest BCUT2D eigenvalue weighted by atomic mass is 10.1. The van der Waals surface area contributed by atoms with Crippen molar-refractivity contribution < 1.29 is 9.53 Å². The van der Waals surface area contributed by atoms with Crippen molar-refractivity contribution in [3.8, 4) is 17.0 Å². The van der Waals surface area contributed by atoms with Crippen LogP contribution in [0.15, 0.2) is 47.8 Å². The Hall–Kier alpha value is -2.86. The van der Waals surface area contributed by atoms with Gasteiger partial charge in [0, 0.05) is 10.9 Å². The van der Waals surface area contributed by atoms with Crippen molar-refractivity contribution in [1.82, 2.24) is 4.98 Å². The molecule has 0 radical (unpaired) electrons. The van der Waals surface area contributed by atoms with Gasteiger partial charge in [-0.05, 0) is 37.1 Å².